The highest BCUT2D eigenvalue weighted by molar-refractivity contribution is 5.76. The van der Waals surface area contributed by atoms with Crippen molar-refractivity contribution >= 4 is 11.0 Å². The number of rotatable bonds is 6. The van der Waals surface area contributed by atoms with Crippen molar-refractivity contribution in [1.29, 1.82) is 0 Å². The van der Waals surface area contributed by atoms with Gasteiger partial charge in [0.1, 0.15) is 11.6 Å². The zero-order valence-corrected chi connectivity index (χ0v) is 19.7. The molecule has 6 rings (SSSR count). The number of halogens is 1. The number of nitrogens with zero attached hydrogens (tertiary/aromatic N) is 4. The van der Waals surface area contributed by atoms with Crippen LogP contribution in [-0.4, -0.2) is 52.3 Å². The average Bonchev–Trinajstić information content (AvgIpc) is 3.40. The number of hydrogen-bond acceptors (Lipinski definition) is 5. The summed E-state index contributed by atoms with van der Waals surface area (Å²) in [5.41, 5.74) is 3.93. The summed E-state index contributed by atoms with van der Waals surface area (Å²) < 4.78 is 27.6. The van der Waals surface area contributed by atoms with Gasteiger partial charge < -0.3 is 14.0 Å². The molecule has 1 saturated heterocycles. The van der Waals surface area contributed by atoms with Crippen LogP contribution in [0.25, 0.3) is 11.0 Å². The fourth-order valence-corrected chi connectivity index (χ4v) is 5.06. The summed E-state index contributed by atoms with van der Waals surface area (Å²) in [5, 5.41) is 0. The summed E-state index contributed by atoms with van der Waals surface area (Å²) in [5.74, 6) is 2.48. The van der Waals surface area contributed by atoms with Gasteiger partial charge in [-0.2, -0.15) is 0 Å². The van der Waals surface area contributed by atoms with E-state index in [0.717, 1.165) is 74.0 Å². The number of fused-ring (bicyclic) bond motifs is 2. The molecule has 0 unspecified atom stereocenters. The number of hydrogen-bond donors (Lipinski definition) is 0. The molecule has 0 aliphatic carbocycles. The smallest absolute Gasteiger partial charge is 0.231 e. The second-order valence-electron chi connectivity index (χ2n) is 9.29. The van der Waals surface area contributed by atoms with Crippen LogP contribution in [0.2, 0.25) is 0 Å². The Morgan fingerprint density at radius 1 is 0.771 bits per heavy atom. The van der Waals surface area contributed by atoms with Gasteiger partial charge in [0, 0.05) is 25.2 Å². The van der Waals surface area contributed by atoms with Crippen molar-refractivity contribution in [3.8, 4) is 11.5 Å². The highest BCUT2D eigenvalue weighted by Gasteiger charge is 2.20. The third kappa shape index (κ3) is 4.74. The molecule has 0 radical (unpaired) electrons. The molecule has 1 fully saturated rings. The lowest BCUT2D eigenvalue weighted by Crippen LogP contribution is -2.31. The summed E-state index contributed by atoms with van der Waals surface area (Å²) in [4.78, 5) is 9.91. The Morgan fingerprint density at radius 2 is 1.54 bits per heavy atom. The van der Waals surface area contributed by atoms with Crippen molar-refractivity contribution in [2.45, 2.75) is 26.1 Å². The molecule has 2 aliphatic rings. The molecule has 0 amide bonds. The topological polar surface area (TPSA) is 42.8 Å². The first kappa shape index (κ1) is 22.1. The van der Waals surface area contributed by atoms with Gasteiger partial charge in [0.05, 0.1) is 24.1 Å². The third-order valence-electron chi connectivity index (χ3n) is 6.91. The Bertz CT molecular complexity index is 1340. The first-order chi connectivity index (χ1) is 17.2. The summed E-state index contributed by atoms with van der Waals surface area (Å²) in [6, 6.07) is 21.4. The van der Waals surface area contributed by atoms with Crippen LogP contribution in [0.5, 0.6) is 11.5 Å². The van der Waals surface area contributed by atoms with Crippen LogP contribution < -0.4 is 9.47 Å². The van der Waals surface area contributed by atoms with Gasteiger partial charge in [-0.05, 0) is 55.4 Å². The Balaban J connectivity index is 1.16. The minimum Gasteiger partial charge on any atom is -0.454 e. The predicted octanol–water partition coefficient (Wildman–Crippen LogP) is 4.66. The molecule has 4 aromatic rings. The van der Waals surface area contributed by atoms with E-state index in [1.807, 2.05) is 36.4 Å². The summed E-state index contributed by atoms with van der Waals surface area (Å²) in [7, 11) is 0. The first-order valence-electron chi connectivity index (χ1n) is 12.2. The Labute approximate surface area is 204 Å². The average molecular weight is 473 g/mol. The van der Waals surface area contributed by atoms with E-state index in [1.165, 1.54) is 11.6 Å². The second kappa shape index (κ2) is 9.68. The number of imidazole rings is 1. The molecule has 2 aliphatic heterocycles. The molecular formula is C28H29FN4O2. The van der Waals surface area contributed by atoms with Crippen LogP contribution in [0, 0.1) is 5.82 Å². The monoisotopic (exact) mass is 472 g/mol. The highest BCUT2D eigenvalue weighted by Crippen LogP contribution is 2.33. The van der Waals surface area contributed by atoms with E-state index >= 15 is 0 Å². The largest absolute Gasteiger partial charge is 0.454 e. The van der Waals surface area contributed by atoms with Crippen molar-refractivity contribution in [1.82, 2.24) is 19.4 Å². The molecule has 0 atom stereocenters. The standard InChI is InChI=1S/C28H29FN4O2/c29-23-7-2-1-6-22(23)18-33-25-9-4-3-8-24(25)30-28(33)19-32-13-5-12-31(14-15-32)17-21-10-11-26-27(16-21)35-20-34-26/h1-4,6-11,16H,5,12-15,17-20H2. The Hall–Kier alpha value is -3.42. The predicted molar refractivity (Wildman–Crippen MR) is 133 cm³/mol. The minimum atomic E-state index is -0.176. The van der Waals surface area contributed by atoms with Crippen LogP contribution in [-0.2, 0) is 19.6 Å². The summed E-state index contributed by atoms with van der Waals surface area (Å²) in [6.07, 6.45) is 1.10. The fourth-order valence-electron chi connectivity index (χ4n) is 5.06. The van der Waals surface area contributed by atoms with Crippen LogP contribution in [0.15, 0.2) is 66.7 Å². The zero-order chi connectivity index (χ0) is 23.6. The van der Waals surface area contributed by atoms with Crippen molar-refractivity contribution in [2.24, 2.45) is 0 Å². The van der Waals surface area contributed by atoms with Gasteiger partial charge in [0.2, 0.25) is 6.79 Å². The van der Waals surface area contributed by atoms with E-state index in [-0.39, 0.29) is 5.82 Å². The molecule has 0 bridgehead atoms. The number of ether oxygens (including phenoxy) is 2. The van der Waals surface area contributed by atoms with Gasteiger partial charge in [-0.25, -0.2) is 9.37 Å². The van der Waals surface area contributed by atoms with Crippen LogP contribution >= 0.6 is 0 Å². The van der Waals surface area contributed by atoms with Crippen LogP contribution in [0.1, 0.15) is 23.4 Å². The molecule has 7 heteroatoms. The van der Waals surface area contributed by atoms with Crippen LogP contribution in [0.3, 0.4) is 0 Å². The van der Waals surface area contributed by atoms with Crippen molar-refractivity contribution in [3.63, 3.8) is 0 Å². The molecule has 0 spiro atoms. The van der Waals surface area contributed by atoms with Gasteiger partial charge in [-0.15, -0.1) is 0 Å². The number of aromatic nitrogens is 2. The van der Waals surface area contributed by atoms with E-state index in [1.54, 1.807) is 6.07 Å². The number of para-hydroxylation sites is 2. The maximum absolute atomic E-state index is 14.5. The molecule has 180 valence electrons. The fraction of sp³-hybridized carbons (Fsp3) is 0.321. The molecule has 0 N–H and O–H groups in total. The molecule has 1 aromatic heterocycles. The molecular weight excluding hydrogens is 443 g/mol. The molecule has 0 saturated carbocycles. The Kier molecular flexibility index (Phi) is 6.10. The lowest BCUT2D eigenvalue weighted by molar-refractivity contribution is 0.174. The molecule has 3 heterocycles. The normalized spacial score (nSPS) is 16.6. The van der Waals surface area contributed by atoms with Gasteiger partial charge in [0.15, 0.2) is 11.5 Å². The van der Waals surface area contributed by atoms with E-state index < -0.39 is 0 Å². The third-order valence-corrected chi connectivity index (χ3v) is 6.91. The maximum Gasteiger partial charge on any atom is 0.231 e. The lowest BCUT2D eigenvalue weighted by Gasteiger charge is -2.22. The van der Waals surface area contributed by atoms with E-state index in [9.17, 15) is 4.39 Å². The SMILES string of the molecule is Fc1ccccc1Cn1c(CN2CCCN(Cc3ccc4c(c3)OCO4)CC2)nc2ccccc21. The van der Waals surface area contributed by atoms with Gasteiger partial charge in [0.25, 0.3) is 0 Å². The van der Waals surface area contributed by atoms with Crippen molar-refractivity contribution < 1.29 is 13.9 Å². The van der Waals surface area contributed by atoms with E-state index in [2.05, 4.69) is 32.6 Å². The number of benzene rings is 3. The lowest BCUT2D eigenvalue weighted by atomic mass is 10.2. The molecule has 3 aromatic carbocycles. The first-order valence-corrected chi connectivity index (χ1v) is 12.2. The highest BCUT2D eigenvalue weighted by atomic mass is 19.1. The second-order valence-corrected chi connectivity index (χ2v) is 9.29. The van der Waals surface area contributed by atoms with Gasteiger partial charge in [-0.1, -0.05) is 36.4 Å². The van der Waals surface area contributed by atoms with E-state index in [0.29, 0.717) is 18.9 Å². The van der Waals surface area contributed by atoms with Gasteiger partial charge in [-0.3, -0.25) is 9.80 Å². The summed E-state index contributed by atoms with van der Waals surface area (Å²) >= 11 is 0. The zero-order valence-electron chi connectivity index (χ0n) is 19.7. The van der Waals surface area contributed by atoms with Crippen LogP contribution in [0.4, 0.5) is 4.39 Å². The molecule has 6 nitrogen and oxygen atoms in total. The maximum atomic E-state index is 14.5. The summed E-state index contributed by atoms with van der Waals surface area (Å²) in [6.45, 7) is 6.45. The molecule has 35 heavy (non-hydrogen) atoms. The Morgan fingerprint density at radius 3 is 2.43 bits per heavy atom. The van der Waals surface area contributed by atoms with Crippen molar-refractivity contribution in [3.05, 3.63) is 89.5 Å². The van der Waals surface area contributed by atoms with Crippen molar-refractivity contribution in [2.75, 3.05) is 33.0 Å². The van der Waals surface area contributed by atoms with Gasteiger partial charge >= 0.3 is 0 Å². The minimum absolute atomic E-state index is 0.176. The van der Waals surface area contributed by atoms with E-state index in [4.69, 9.17) is 14.5 Å². The quantitative estimate of drug-likeness (QED) is 0.408.